The van der Waals surface area contributed by atoms with Gasteiger partial charge in [-0.15, -0.1) is 0 Å². The first kappa shape index (κ1) is 11.5. The summed E-state index contributed by atoms with van der Waals surface area (Å²) in [7, 11) is 0. The predicted octanol–water partition coefficient (Wildman–Crippen LogP) is 2.29. The molecular weight excluding hydrogens is 250 g/mol. The van der Waals surface area contributed by atoms with Gasteiger partial charge in [-0.2, -0.15) is 0 Å². The van der Waals surface area contributed by atoms with E-state index in [4.69, 9.17) is 10.7 Å². The van der Waals surface area contributed by atoms with Crippen molar-refractivity contribution in [2.45, 2.75) is 25.4 Å². The summed E-state index contributed by atoms with van der Waals surface area (Å²) in [6, 6.07) is 8.43. The minimum Gasteiger partial charge on any atom is -0.326 e. The van der Waals surface area contributed by atoms with Crippen molar-refractivity contribution in [2.24, 2.45) is 5.73 Å². The van der Waals surface area contributed by atoms with E-state index in [1.807, 2.05) is 36.7 Å². The zero-order valence-corrected chi connectivity index (χ0v) is 11.0. The number of imidazole rings is 1. The molecule has 0 radical (unpaired) electrons. The Labute approximate surface area is 116 Å². The summed E-state index contributed by atoms with van der Waals surface area (Å²) in [5.74, 6) is 0.907. The van der Waals surface area contributed by atoms with Gasteiger partial charge in [0, 0.05) is 25.0 Å². The number of rotatable bonds is 3. The Morgan fingerprint density at radius 2 is 2.10 bits per heavy atom. The van der Waals surface area contributed by atoms with Gasteiger partial charge < -0.3 is 10.3 Å². The molecule has 2 N–H and O–H groups in total. The van der Waals surface area contributed by atoms with Gasteiger partial charge in [0.05, 0.1) is 0 Å². The van der Waals surface area contributed by atoms with Gasteiger partial charge in [0.2, 0.25) is 0 Å². The Kier molecular flexibility index (Phi) is 2.53. The minimum absolute atomic E-state index is 0.508. The average Bonchev–Trinajstić information content (AvgIpc) is 3.27. The zero-order valence-electron chi connectivity index (χ0n) is 11.0. The molecule has 5 heteroatoms. The van der Waals surface area contributed by atoms with Gasteiger partial charge >= 0.3 is 0 Å². The molecule has 0 spiro atoms. The molecule has 0 saturated heterocycles. The second kappa shape index (κ2) is 4.38. The maximum absolute atomic E-state index is 5.62. The highest BCUT2D eigenvalue weighted by Crippen LogP contribution is 2.40. The molecule has 5 nitrogen and oxygen atoms in total. The molecule has 1 aliphatic rings. The zero-order chi connectivity index (χ0) is 13.5. The summed E-state index contributed by atoms with van der Waals surface area (Å²) in [6.07, 6.45) is 6.02. The molecule has 0 aromatic carbocycles. The molecule has 1 fully saturated rings. The van der Waals surface area contributed by atoms with E-state index in [0.29, 0.717) is 12.6 Å². The largest absolute Gasteiger partial charge is 0.326 e. The topological polar surface area (TPSA) is 69.6 Å². The van der Waals surface area contributed by atoms with Crippen LogP contribution in [0, 0.1) is 0 Å². The van der Waals surface area contributed by atoms with Crippen LogP contribution in [-0.4, -0.2) is 19.5 Å². The fourth-order valence-electron chi connectivity index (χ4n) is 2.47. The van der Waals surface area contributed by atoms with Crippen molar-refractivity contribution in [3.63, 3.8) is 0 Å². The van der Waals surface area contributed by atoms with Crippen LogP contribution >= 0.6 is 0 Å². The quantitative estimate of drug-likeness (QED) is 0.788. The lowest BCUT2D eigenvalue weighted by Gasteiger charge is -2.06. The number of fused-ring (bicyclic) bond motifs is 1. The summed E-state index contributed by atoms with van der Waals surface area (Å²) in [5.41, 5.74) is 9.41. The van der Waals surface area contributed by atoms with Crippen LogP contribution in [0.2, 0.25) is 0 Å². The average molecular weight is 265 g/mol. The van der Waals surface area contributed by atoms with Crippen molar-refractivity contribution in [1.29, 1.82) is 0 Å². The van der Waals surface area contributed by atoms with Crippen LogP contribution in [0.15, 0.2) is 36.7 Å². The standard InChI is InChI=1S/C15H15N5/c16-8-10-3-6-12(18-9-10)15-19-13-2-1-7-17-14(13)20(15)11-4-5-11/h1-3,6-7,9,11H,4-5,8,16H2. The van der Waals surface area contributed by atoms with Crippen molar-refractivity contribution in [3.8, 4) is 11.5 Å². The maximum atomic E-state index is 5.62. The van der Waals surface area contributed by atoms with E-state index in [2.05, 4.69) is 14.5 Å². The molecule has 0 amide bonds. The van der Waals surface area contributed by atoms with Crippen LogP contribution in [0.4, 0.5) is 0 Å². The van der Waals surface area contributed by atoms with Crippen molar-refractivity contribution in [3.05, 3.63) is 42.2 Å². The number of nitrogens with zero attached hydrogens (tertiary/aromatic N) is 4. The van der Waals surface area contributed by atoms with Crippen molar-refractivity contribution >= 4 is 11.2 Å². The van der Waals surface area contributed by atoms with Crippen LogP contribution in [0.3, 0.4) is 0 Å². The first-order valence-corrected chi connectivity index (χ1v) is 6.85. The fraction of sp³-hybridized carbons (Fsp3) is 0.267. The fourth-order valence-corrected chi connectivity index (χ4v) is 2.47. The second-order valence-electron chi connectivity index (χ2n) is 5.14. The summed E-state index contributed by atoms with van der Waals surface area (Å²) in [6.45, 7) is 0.508. The van der Waals surface area contributed by atoms with Crippen LogP contribution < -0.4 is 5.73 Å². The van der Waals surface area contributed by atoms with Crippen molar-refractivity contribution in [1.82, 2.24) is 19.5 Å². The maximum Gasteiger partial charge on any atom is 0.161 e. The molecule has 0 atom stereocenters. The van der Waals surface area contributed by atoms with Gasteiger partial charge in [-0.25, -0.2) is 9.97 Å². The van der Waals surface area contributed by atoms with E-state index < -0.39 is 0 Å². The molecule has 3 aromatic heterocycles. The Hall–Kier alpha value is -2.27. The molecule has 4 rings (SSSR count). The number of aromatic nitrogens is 4. The lowest BCUT2D eigenvalue weighted by Crippen LogP contribution is -2.01. The summed E-state index contributed by atoms with van der Waals surface area (Å²) >= 11 is 0. The second-order valence-corrected chi connectivity index (χ2v) is 5.14. The summed E-state index contributed by atoms with van der Waals surface area (Å²) in [4.78, 5) is 13.7. The number of hydrogen-bond donors (Lipinski definition) is 1. The third-order valence-electron chi connectivity index (χ3n) is 3.65. The van der Waals surface area contributed by atoms with Crippen LogP contribution in [-0.2, 0) is 6.54 Å². The summed E-state index contributed by atoms with van der Waals surface area (Å²) < 4.78 is 2.22. The molecule has 1 saturated carbocycles. The van der Waals surface area contributed by atoms with E-state index in [-0.39, 0.29) is 0 Å². The van der Waals surface area contributed by atoms with E-state index in [1.54, 1.807) is 0 Å². The van der Waals surface area contributed by atoms with Crippen LogP contribution in [0.25, 0.3) is 22.7 Å². The highest BCUT2D eigenvalue weighted by molar-refractivity contribution is 5.76. The predicted molar refractivity (Wildman–Crippen MR) is 76.9 cm³/mol. The molecule has 0 unspecified atom stereocenters. The molecule has 3 aromatic rings. The monoisotopic (exact) mass is 265 g/mol. The third kappa shape index (κ3) is 1.78. The Balaban J connectivity index is 1.91. The lowest BCUT2D eigenvalue weighted by molar-refractivity contribution is 0.763. The SMILES string of the molecule is NCc1ccc(-c2nc3cccnc3n2C2CC2)nc1. The number of hydrogen-bond acceptors (Lipinski definition) is 4. The van der Waals surface area contributed by atoms with Gasteiger partial charge in [-0.05, 0) is 36.6 Å². The van der Waals surface area contributed by atoms with Crippen LogP contribution in [0.1, 0.15) is 24.4 Å². The third-order valence-corrected chi connectivity index (χ3v) is 3.65. The van der Waals surface area contributed by atoms with Gasteiger partial charge in [-0.1, -0.05) is 6.07 Å². The van der Waals surface area contributed by atoms with E-state index in [9.17, 15) is 0 Å². The van der Waals surface area contributed by atoms with Gasteiger partial charge in [0.15, 0.2) is 11.5 Å². The van der Waals surface area contributed by atoms with Crippen LogP contribution in [0.5, 0.6) is 0 Å². The highest BCUT2D eigenvalue weighted by Gasteiger charge is 2.29. The molecule has 100 valence electrons. The van der Waals surface area contributed by atoms with Gasteiger partial charge in [0.1, 0.15) is 11.2 Å². The van der Waals surface area contributed by atoms with E-state index in [0.717, 1.165) is 28.2 Å². The molecule has 20 heavy (non-hydrogen) atoms. The van der Waals surface area contributed by atoms with E-state index in [1.165, 1.54) is 12.8 Å². The van der Waals surface area contributed by atoms with Gasteiger partial charge in [0.25, 0.3) is 0 Å². The first-order chi connectivity index (χ1) is 9.86. The first-order valence-electron chi connectivity index (χ1n) is 6.85. The Morgan fingerprint density at radius 3 is 2.80 bits per heavy atom. The summed E-state index contributed by atoms with van der Waals surface area (Å²) in [5, 5.41) is 0. The molecule has 3 heterocycles. The molecule has 0 aliphatic heterocycles. The lowest BCUT2D eigenvalue weighted by atomic mass is 10.2. The minimum atomic E-state index is 0.508. The normalized spacial score (nSPS) is 14.8. The highest BCUT2D eigenvalue weighted by atomic mass is 15.2. The molecule has 1 aliphatic carbocycles. The Bertz CT molecular complexity index is 756. The van der Waals surface area contributed by atoms with Crippen molar-refractivity contribution < 1.29 is 0 Å². The number of pyridine rings is 2. The smallest absolute Gasteiger partial charge is 0.161 e. The molecular formula is C15H15N5. The molecule has 0 bridgehead atoms. The Morgan fingerprint density at radius 1 is 1.20 bits per heavy atom. The van der Waals surface area contributed by atoms with Gasteiger partial charge in [-0.3, -0.25) is 4.98 Å². The number of nitrogens with two attached hydrogens (primary N) is 1. The van der Waals surface area contributed by atoms with E-state index >= 15 is 0 Å². The van der Waals surface area contributed by atoms with Crippen molar-refractivity contribution in [2.75, 3.05) is 0 Å².